The molecule has 6 heteroatoms. The molecule has 0 bridgehead atoms. The quantitative estimate of drug-likeness (QED) is 0.0971. The van der Waals surface area contributed by atoms with Crippen LogP contribution in [0.3, 0.4) is 0 Å². The normalized spacial score (nSPS) is 11.0. The monoisotopic (exact) mass is 506 g/mol. The number of phenols is 1. The summed E-state index contributed by atoms with van der Waals surface area (Å²) < 4.78 is 0. The first-order chi connectivity index (χ1) is 17.0. The van der Waals surface area contributed by atoms with Crippen LogP contribution in [0, 0.1) is 0 Å². The van der Waals surface area contributed by atoms with Crippen LogP contribution in [0.4, 0.5) is 0 Å². The zero-order chi connectivity index (χ0) is 25.6. The molecule has 0 spiro atoms. The summed E-state index contributed by atoms with van der Waals surface area (Å²) in [4.78, 5) is 26.2. The second-order valence-electron chi connectivity index (χ2n) is 9.66. The number of hydrogen-bond donors (Lipinski definition) is 2. The van der Waals surface area contributed by atoms with Crippen molar-refractivity contribution >= 4 is 23.6 Å². The van der Waals surface area contributed by atoms with E-state index in [1.807, 2.05) is 12.1 Å². The zero-order valence-corrected chi connectivity index (χ0v) is 23.0. The highest BCUT2D eigenvalue weighted by atomic mass is 32.2. The van der Waals surface area contributed by atoms with Gasteiger partial charge in [0.25, 0.3) is 0 Å². The topological polar surface area (TPSA) is 83.6 Å². The lowest BCUT2D eigenvalue weighted by atomic mass is 10.0. The molecule has 35 heavy (non-hydrogen) atoms. The van der Waals surface area contributed by atoms with Gasteiger partial charge in [0, 0.05) is 18.0 Å². The average molecular weight is 507 g/mol. The SMILES string of the molecule is CCCCCCCCCCCCCCCCCCN(CCCSc1ccc(O)cc1)C(=O)C(N)=O. The van der Waals surface area contributed by atoms with Gasteiger partial charge in [-0.3, -0.25) is 9.59 Å². The van der Waals surface area contributed by atoms with Crippen LogP contribution in [0.15, 0.2) is 29.2 Å². The minimum atomic E-state index is -0.868. The predicted octanol–water partition coefficient (Wildman–Crippen LogP) is 7.45. The van der Waals surface area contributed by atoms with Crippen LogP contribution in [-0.2, 0) is 9.59 Å². The molecule has 1 rings (SSSR count). The molecule has 1 aromatic rings. The Morgan fingerprint density at radius 3 is 1.60 bits per heavy atom. The Morgan fingerprint density at radius 2 is 1.14 bits per heavy atom. The van der Waals surface area contributed by atoms with Gasteiger partial charge in [-0.2, -0.15) is 0 Å². The number of amides is 2. The summed E-state index contributed by atoms with van der Waals surface area (Å²) in [6, 6.07) is 7.09. The Hall–Kier alpha value is -1.69. The molecule has 0 unspecified atom stereocenters. The highest BCUT2D eigenvalue weighted by Gasteiger charge is 2.18. The highest BCUT2D eigenvalue weighted by molar-refractivity contribution is 7.99. The van der Waals surface area contributed by atoms with Crippen LogP contribution in [-0.4, -0.2) is 40.7 Å². The number of aromatic hydroxyl groups is 1. The first kappa shape index (κ1) is 31.3. The Morgan fingerprint density at radius 1 is 0.714 bits per heavy atom. The van der Waals surface area contributed by atoms with Crippen molar-refractivity contribution in [2.45, 2.75) is 121 Å². The van der Waals surface area contributed by atoms with Crippen LogP contribution in [0.2, 0.25) is 0 Å². The average Bonchev–Trinajstić information content (AvgIpc) is 2.85. The Bertz CT molecular complexity index is 666. The van der Waals surface area contributed by atoms with Gasteiger partial charge in [0.15, 0.2) is 0 Å². The first-order valence-corrected chi connectivity index (χ1v) is 15.0. The number of carbonyl (C=O) groups is 2. The van der Waals surface area contributed by atoms with Gasteiger partial charge in [-0.1, -0.05) is 103 Å². The molecule has 0 fully saturated rings. The summed E-state index contributed by atoms with van der Waals surface area (Å²) >= 11 is 1.68. The third kappa shape index (κ3) is 17.4. The van der Waals surface area contributed by atoms with E-state index in [9.17, 15) is 14.7 Å². The van der Waals surface area contributed by atoms with E-state index >= 15 is 0 Å². The molecule has 0 aromatic heterocycles. The number of nitrogens with zero attached hydrogens (tertiary/aromatic N) is 1. The standard InChI is InChI=1S/C29H50N2O3S/c1-2-3-4-5-6-7-8-9-10-11-12-13-14-15-16-17-23-31(29(34)28(30)33)24-18-25-35-27-21-19-26(32)20-22-27/h19-22,32H,2-18,23-25H2,1H3,(H2,30,33). The number of unbranched alkanes of at least 4 members (excludes halogenated alkanes) is 15. The minimum absolute atomic E-state index is 0.256. The van der Waals surface area contributed by atoms with E-state index in [4.69, 9.17) is 5.73 Å². The number of phenolic OH excluding ortho intramolecular Hbond substituents is 1. The minimum Gasteiger partial charge on any atom is -0.508 e. The van der Waals surface area contributed by atoms with Gasteiger partial charge in [0.05, 0.1) is 0 Å². The molecule has 0 radical (unpaired) electrons. The number of rotatable bonds is 22. The summed E-state index contributed by atoms with van der Waals surface area (Å²) in [6.07, 6.45) is 21.8. The van der Waals surface area contributed by atoms with E-state index in [0.29, 0.717) is 13.1 Å². The third-order valence-electron chi connectivity index (χ3n) is 6.46. The number of nitrogens with two attached hydrogens (primary N) is 1. The lowest BCUT2D eigenvalue weighted by Gasteiger charge is -2.21. The highest BCUT2D eigenvalue weighted by Crippen LogP contribution is 2.21. The van der Waals surface area contributed by atoms with Crippen molar-refractivity contribution in [2.24, 2.45) is 5.73 Å². The van der Waals surface area contributed by atoms with Crippen molar-refractivity contribution in [2.75, 3.05) is 18.8 Å². The summed E-state index contributed by atoms with van der Waals surface area (Å²) in [7, 11) is 0. The number of carbonyl (C=O) groups excluding carboxylic acids is 2. The molecule has 0 saturated carbocycles. The van der Waals surface area contributed by atoms with Crippen LogP contribution in [0.25, 0.3) is 0 Å². The first-order valence-electron chi connectivity index (χ1n) is 14.0. The second-order valence-corrected chi connectivity index (χ2v) is 10.8. The maximum absolute atomic E-state index is 12.2. The van der Waals surface area contributed by atoms with Gasteiger partial charge >= 0.3 is 11.8 Å². The van der Waals surface area contributed by atoms with Crippen molar-refractivity contribution in [1.29, 1.82) is 0 Å². The number of benzene rings is 1. The van der Waals surface area contributed by atoms with Crippen molar-refractivity contribution < 1.29 is 14.7 Å². The van der Waals surface area contributed by atoms with E-state index in [-0.39, 0.29) is 5.75 Å². The molecule has 0 aliphatic heterocycles. The van der Waals surface area contributed by atoms with Crippen LogP contribution >= 0.6 is 11.8 Å². The fraction of sp³-hybridized carbons (Fsp3) is 0.724. The van der Waals surface area contributed by atoms with Gasteiger partial charge in [0.2, 0.25) is 0 Å². The predicted molar refractivity (Wildman–Crippen MR) is 149 cm³/mol. The van der Waals surface area contributed by atoms with Crippen molar-refractivity contribution in [3.63, 3.8) is 0 Å². The Labute approximate surface area is 218 Å². The lowest BCUT2D eigenvalue weighted by molar-refractivity contribution is -0.144. The molecular weight excluding hydrogens is 456 g/mol. The summed E-state index contributed by atoms with van der Waals surface area (Å²) in [5, 5.41) is 9.35. The third-order valence-corrected chi connectivity index (χ3v) is 7.56. The fourth-order valence-corrected chi connectivity index (χ4v) is 5.15. The number of hydrogen-bond acceptors (Lipinski definition) is 4. The van der Waals surface area contributed by atoms with E-state index in [0.717, 1.165) is 29.9 Å². The van der Waals surface area contributed by atoms with E-state index < -0.39 is 11.8 Å². The Kier molecular flexibility index (Phi) is 19.3. The van der Waals surface area contributed by atoms with E-state index in [2.05, 4.69) is 6.92 Å². The molecule has 200 valence electrons. The molecule has 0 aliphatic rings. The van der Waals surface area contributed by atoms with Crippen molar-refractivity contribution in [3.05, 3.63) is 24.3 Å². The Balaban J connectivity index is 2.02. The van der Waals surface area contributed by atoms with E-state index in [1.54, 1.807) is 28.8 Å². The lowest BCUT2D eigenvalue weighted by Crippen LogP contribution is -2.41. The van der Waals surface area contributed by atoms with Gasteiger partial charge < -0.3 is 15.7 Å². The summed E-state index contributed by atoms with van der Waals surface area (Å²) in [5.41, 5.74) is 5.25. The van der Waals surface area contributed by atoms with Gasteiger partial charge in [0.1, 0.15) is 5.75 Å². The van der Waals surface area contributed by atoms with Gasteiger partial charge in [-0.25, -0.2) is 0 Å². The van der Waals surface area contributed by atoms with Gasteiger partial charge in [-0.15, -0.1) is 11.8 Å². The summed E-state index contributed by atoms with van der Waals surface area (Å²) in [6.45, 7) is 3.42. The number of primary amides is 1. The van der Waals surface area contributed by atoms with E-state index in [1.165, 1.54) is 89.9 Å². The van der Waals surface area contributed by atoms with Crippen LogP contribution in [0.5, 0.6) is 5.75 Å². The largest absolute Gasteiger partial charge is 0.508 e. The molecule has 0 saturated heterocycles. The fourth-order valence-electron chi connectivity index (χ4n) is 4.31. The molecular formula is C29H50N2O3S. The maximum Gasteiger partial charge on any atom is 0.311 e. The molecule has 3 N–H and O–H groups in total. The van der Waals surface area contributed by atoms with Crippen LogP contribution in [0.1, 0.15) is 116 Å². The molecule has 2 amide bonds. The van der Waals surface area contributed by atoms with Crippen LogP contribution < -0.4 is 5.73 Å². The number of thioether (sulfide) groups is 1. The molecule has 0 aliphatic carbocycles. The zero-order valence-electron chi connectivity index (χ0n) is 22.1. The second kappa shape index (κ2) is 21.6. The van der Waals surface area contributed by atoms with Crippen molar-refractivity contribution in [1.82, 2.24) is 4.90 Å². The molecule has 5 nitrogen and oxygen atoms in total. The molecule has 1 aromatic carbocycles. The van der Waals surface area contributed by atoms with Gasteiger partial charge in [-0.05, 0) is 42.9 Å². The molecule has 0 heterocycles. The smallest absolute Gasteiger partial charge is 0.311 e. The van der Waals surface area contributed by atoms with Crippen molar-refractivity contribution in [3.8, 4) is 5.75 Å². The maximum atomic E-state index is 12.2. The summed E-state index contributed by atoms with van der Waals surface area (Å²) in [5.74, 6) is -0.341. The molecule has 0 atom stereocenters.